The van der Waals surface area contributed by atoms with Gasteiger partial charge in [0.05, 0.1) is 13.2 Å². The summed E-state index contributed by atoms with van der Waals surface area (Å²) in [5, 5.41) is -2.81. The van der Waals surface area contributed by atoms with Gasteiger partial charge in [0.25, 0.3) is 5.28 Å². The number of fused-ring (bicyclic) bond motifs is 1. The average molecular weight is 323 g/mol. The van der Waals surface area contributed by atoms with Crippen molar-refractivity contribution in [1.82, 2.24) is 4.57 Å². The van der Waals surface area contributed by atoms with Crippen LogP contribution in [-0.4, -0.2) is 24.0 Å². The third-order valence-corrected chi connectivity index (χ3v) is 6.00. The molecule has 1 aliphatic rings. The van der Waals surface area contributed by atoms with E-state index in [-0.39, 0.29) is 13.2 Å². The highest BCUT2D eigenvalue weighted by atomic mass is 31.2. The van der Waals surface area contributed by atoms with E-state index >= 15 is 0 Å². The topological polar surface area (TPSA) is 40.5 Å². The van der Waals surface area contributed by atoms with Crippen molar-refractivity contribution in [2.75, 3.05) is 13.2 Å². The van der Waals surface area contributed by atoms with Gasteiger partial charge in [0.15, 0.2) is 0 Å². The van der Waals surface area contributed by atoms with Crippen molar-refractivity contribution in [2.24, 2.45) is 0 Å². The summed E-state index contributed by atoms with van der Waals surface area (Å²) < 4.78 is 65.6. The fourth-order valence-corrected chi connectivity index (χ4v) is 4.85. The maximum absolute atomic E-state index is 13.9. The van der Waals surface area contributed by atoms with Crippen molar-refractivity contribution in [2.45, 2.75) is 32.2 Å². The van der Waals surface area contributed by atoms with E-state index in [1.807, 2.05) is 0 Å². The summed E-state index contributed by atoms with van der Waals surface area (Å²) in [6.45, 7) is 4.23. The van der Waals surface area contributed by atoms with E-state index in [1.54, 1.807) is 13.0 Å². The molecule has 0 bridgehead atoms. The quantitative estimate of drug-likeness (QED) is 0.755. The summed E-state index contributed by atoms with van der Waals surface area (Å²) in [5.74, 6) is 0. The Morgan fingerprint density at radius 2 is 1.86 bits per heavy atom. The Morgan fingerprint density at radius 1 is 1.29 bits per heavy atom. The summed E-state index contributed by atoms with van der Waals surface area (Å²) in [7, 11) is -4.49. The van der Waals surface area contributed by atoms with Gasteiger partial charge < -0.3 is 13.6 Å². The molecule has 0 saturated heterocycles. The van der Waals surface area contributed by atoms with E-state index in [2.05, 4.69) is 0 Å². The molecule has 4 nitrogen and oxygen atoms in total. The maximum atomic E-state index is 13.9. The third kappa shape index (κ3) is 2.18. The molecule has 0 aromatic carbocycles. The Hall–Kier alpha value is -1.04. The first-order chi connectivity index (χ1) is 9.73. The Balaban J connectivity index is 2.75. The lowest BCUT2D eigenvalue weighted by Gasteiger charge is -2.37. The second-order valence-electron chi connectivity index (χ2n) is 4.65. The summed E-state index contributed by atoms with van der Waals surface area (Å²) in [6.07, 6.45) is -2.63. The van der Waals surface area contributed by atoms with Crippen molar-refractivity contribution in [3.05, 3.63) is 30.1 Å². The summed E-state index contributed by atoms with van der Waals surface area (Å²) in [6, 6.07) is 3.02. The molecule has 1 aliphatic heterocycles. The van der Waals surface area contributed by atoms with E-state index in [4.69, 9.17) is 9.05 Å². The van der Waals surface area contributed by atoms with E-state index < -0.39 is 19.1 Å². The molecule has 1 aromatic rings. The van der Waals surface area contributed by atoms with Gasteiger partial charge in [-0.15, -0.1) is 0 Å². The molecule has 0 aliphatic carbocycles. The molecule has 0 amide bonds. The van der Waals surface area contributed by atoms with Gasteiger partial charge >= 0.3 is 13.8 Å². The molecular formula is C13H17F3NO3P. The molecule has 8 heteroatoms. The van der Waals surface area contributed by atoms with Crippen LogP contribution >= 0.6 is 7.60 Å². The Morgan fingerprint density at radius 3 is 2.33 bits per heavy atom. The van der Waals surface area contributed by atoms with Crippen molar-refractivity contribution < 1.29 is 26.8 Å². The van der Waals surface area contributed by atoms with E-state index in [0.29, 0.717) is 11.3 Å². The van der Waals surface area contributed by atoms with Crippen LogP contribution in [-0.2, 0) is 18.9 Å². The van der Waals surface area contributed by atoms with Gasteiger partial charge in [-0.25, -0.2) is 0 Å². The lowest BCUT2D eigenvalue weighted by atomic mass is 10.2. The molecule has 2 heterocycles. The van der Waals surface area contributed by atoms with Gasteiger partial charge in [-0.1, -0.05) is 0 Å². The van der Waals surface area contributed by atoms with Gasteiger partial charge in [0.1, 0.15) is 0 Å². The van der Waals surface area contributed by atoms with E-state index in [9.17, 15) is 17.7 Å². The monoisotopic (exact) mass is 323 g/mol. The van der Waals surface area contributed by atoms with Crippen molar-refractivity contribution >= 4 is 13.2 Å². The minimum absolute atomic E-state index is 0.140. The van der Waals surface area contributed by atoms with Crippen LogP contribution in [0, 0.1) is 0 Å². The molecule has 21 heavy (non-hydrogen) atoms. The second kappa shape index (κ2) is 5.30. The molecule has 0 fully saturated rings. The zero-order valence-corrected chi connectivity index (χ0v) is 12.9. The molecular weight excluding hydrogens is 306 g/mol. The van der Waals surface area contributed by atoms with Gasteiger partial charge in [0.2, 0.25) is 0 Å². The first-order valence-corrected chi connectivity index (χ1v) is 8.11. The summed E-state index contributed by atoms with van der Waals surface area (Å²) >= 11 is 0. The standard InChI is InChI=1S/C13H17F3NO3P/c1-4-19-21(18,20-5-2)12(13(14,15)16)9-10(3)11-7-6-8-17(11)12/h6-9H,4-5H2,1-3H3/t12-/m1/s1. The molecule has 118 valence electrons. The average Bonchev–Trinajstić information content (AvgIpc) is 2.92. The lowest BCUT2D eigenvalue weighted by Crippen LogP contribution is -2.45. The molecule has 0 unspecified atom stereocenters. The molecule has 2 rings (SSSR count). The number of rotatable bonds is 5. The van der Waals surface area contributed by atoms with E-state index in [1.165, 1.54) is 26.1 Å². The zero-order valence-electron chi connectivity index (χ0n) is 12.0. The summed E-state index contributed by atoms with van der Waals surface area (Å²) in [4.78, 5) is 0. The van der Waals surface area contributed by atoms with Crippen LogP contribution in [0.1, 0.15) is 26.5 Å². The second-order valence-corrected chi connectivity index (χ2v) is 6.84. The van der Waals surface area contributed by atoms with Gasteiger partial charge in [-0.05, 0) is 44.6 Å². The number of nitrogens with zero attached hydrogens (tertiary/aromatic N) is 1. The number of halogens is 3. The molecule has 0 saturated carbocycles. The highest BCUT2D eigenvalue weighted by Gasteiger charge is 2.70. The van der Waals surface area contributed by atoms with Crippen LogP contribution < -0.4 is 0 Å². The van der Waals surface area contributed by atoms with Crippen LogP contribution in [0.4, 0.5) is 13.2 Å². The lowest BCUT2D eigenvalue weighted by molar-refractivity contribution is -0.175. The van der Waals surface area contributed by atoms with Gasteiger partial charge in [-0.2, -0.15) is 13.2 Å². The minimum Gasteiger partial charge on any atom is -0.320 e. The number of aromatic nitrogens is 1. The predicted octanol–water partition coefficient (Wildman–Crippen LogP) is 4.39. The largest absolute Gasteiger partial charge is 0.427 e. The zero-order chi connectivity index (χ0) is 15.9. The number of alkyl halides is 3. The van der Waals surface area contributed by atoms with Crippen molar-refractivity contribution in [3.63, 3.8) is 0 Å². The van der Waals surface area contributed by atoms with Crippen molar-refractivity contribution in [3.8, 4) is 0 Å². The molecule has 0 spiro atoms. The highest BCUT2D eigenvalue weighted by Crippen LogP contribution is 2.71. The number of hydrogen-bond acceptors (Lipinski definition) is 3. The van der Waals surface area contributed by atoms with Crippen LogP contribution in [0.3, 0.4) is 0 Å². The van der Waals surface area contributed by atoms with Crippen molar-refractivity contribution in [1.29, 1.82) is 0 Å². The number of hydrogen-bond donors (Lipinski definition) is 0. The van der Waals surface area contributed by atoms with Crippen LogP contribution in [0.15, 0.2) is 24.4 Å². The fraction of sp³-hybridized carbons (Fsp3) is 0.538. The Bertz CT molecular complexity index is 598. The Kier molecular flexibility index (Phi) is 4.12. The van der Waals surface area contributed by atoms with Crippen LogP contribution in [0.2, 0.25) is 0 Å². The third-order valence-electron chi connectivity index (χ3n) is 3.37. The first-order valence-electron chi connectivity index (χ1n) is 6.57. The normalized spacial score (nSPS) is 22.3. The van der Waals surface area contributed by atoms with Crippen LogP contribution in [0.25, 0.3) is 5.57 Å². The maximum Gasteiger partial charge on any atom is 0.427 e. The van der Waals surface area contributed by atoms with Gasteiger partial charge in [-0.3, -0.25) is 4.57 Å². The molecule has 0 N–H and O–H groups in total. The van der Waals surface area contributed by atoms with Gasteiger partial charge in [0, 0.05) is 11.9 Å². The fourth-order valence-electron chi connectivity index (χ4n) is 2.60. The molecule has 0 radical (unpaired) electrons. The molecule has 1 aromatic heterocycles. The Labute approximate surface area is 121 Å². The molecule has 1 atom stereocenters. The van der Waals surface area contributed by atoms with E-state index in [0.717, 1.165) is 10.6 Å². The summed E-state index contributed by atoms with van der Waals surface area (Å²) in [5.41, 5.74) is 0.740. The highest BCUT2D eigenvalue weighted by molar-refractivity contribution is 7.55. The minimum atomic E-state index is -4.82. The predicted molar refractivity (Wildman–Crippen MR) is 73.0 cm³/mol. The first kappa shape index (κ1) is 16.3. The SMILES string of the molecule is CCOP(=O)(OCC)[C@@]1(C(F)(F)F)C=C(C)c2cccn21. The number of allylic oxidation sites excluding steroid dienone is 2. The smallest absolute Gasteiger partial charge is 0.320 e. The van der Waals surface area contributed by atoms with Crippen LogP contribution in [0.5, 0.6) is 0 Å².